The minimum Gasteiger partial charge on any atom is -0.486 e. The summed E-state index contributed by atoms with van der Waals surface area (Å²) in [5, 5.41) is 3.65. The summed E-state index contributed by atoms with van der Waals surface area (Å²) in [6.07, 6.45) is 3.77. The molecule has 3 rings (SSSR count). The number of ether oxygens (including phenoxy) is 2. The van der Waals surface area contributed by atoms with E-state index >= 15 is 0 Å². The number of nitrogens with one attached hydrogen (secondary N) is 1. The fourth-order valence-corrected chi connectivity index (χ4v) is 3.75. The van der Waals surface area contributed by atoms with Gasteiger partial charge in [0, 0.05) is 11.6 Å². The quantitative estimate of drug-likeness (QED) is 0.877. The Balaban J connectivity index is 2.10. The van der Waals surface area contributed by atoms with Gasteiger partial charge >= 0.3 is 0 Å². The summed E-state index contributed by atoms with van der Waals surface area (Å²) in [6.45, 7) is 6.83. The van der Waals surface area contributed by atoms with Crippen molar-refractivity contribution in [3.05, 3.63) is 21.7 Å². The van der Waals surface area contributed by atoms with Gasteiger partial charge in [-0.25, -0.2) is 0 Å². The number of rotatable bonds is 2. The van der Waals surface area contributed by atoms with Gasteiger partial charge in [0.2, 0.25) is 0 Å². The lowest BCUT2D eigenvalue weighted by Gasteiger charge is -2.31. The largest absolute Gasteiger partial charge is 0.486 e. The van der Waals surface area contributed by atoms with Gasteiger partial charge in [0.05, 0.1) is 4.47 Å². The van der Waals surface area contributed by atoms with Gasteiger partial charge in [-0.05, 0) is 52.9 Å². The molecule has 0 bridgehead atoms. The van der Waals surface area contributed by atoms with Crippen LogP contribution >= 0.6 is 15.9 Å². The summed E-state index contributed by atoms with van der Waals surface area (Å²) in [5.74, 6) is 2.25. The molecule has 0 spiro atoms. The average Bonchev–Trinajstić information content (AvgIpc) is 2.47. The molecule has 3 nitrogen and oxygen atoms in total. The highest BCUT2D eigenvalue weighted by Crippen LogP contribution is 2.47. The van der Waals surface area contributed by atoms with Crippen LogP contribution < -0.4 is 14.8 Å². The van der Waals surface area contributed by atoms with E-state index in [-0.39, 0.29) is 0 Å². The SMILES string of the molecule is CC(C)c1c(C2CCCCN2)cc(Br)c2c1OCCO2. The first-order valence-electron chi connectivity index (χ1n) is 7.53. The Morgan fingerprint density at radius 2 is 1.95 bits per heavy atom. The summed E-state index contributed by atoms with van der Waals surface area (Å²) in [5.41, 5.74) is 2.68. The van der Waals surface area contributed by atoms with Gasteiger partial charge in [-0.1, -0.05) is 20.3 Å². The van der Waals surface area contributed by atoms with Crippen LogP contribution in [0.15, 0.2) is 10.5 Å². The van der Waals surface area contributed by atoms with Crippen LogP contribution in [-0.4, -0.2) is 19.8 Å². The van der Waals surface area contributed by atoms with Gasteiger partial charge in [0.25, 0.3) is 0 Å². The van der Waals surface area contributed by atoms with Crippen LogP contribution in [0.25, 0.3) is 0 Å². The third kappa shape index (κ3) is 2.56. The topological polar surface area (TPSA) is 30.5 Å². The Bertz CT molecular complexity index is 496. The third-order valence-corrected chi connectivity index (χ3v) is 4.69. The molecule has 110 valence electrons. The smallest absolute Gasteiger partial charge is 0.175 e. The second kappa shape index (κ2) is 5.94. The van der Waals surface area contributed by atoms with E-state index in [1.807, 2.05) is 0 Å². The molecule has 1 unspecified atom stereocenters. The highest BCUT2D eigenvalue weighted by Gasteiger charge is 2.28. The van der Waals surface area contributed by atoms with Crippen LogP contribution in [0.3, 0.4) is 0 Å². The molecule has 0 saturated carbocycles. The van der Waals surface area contributed by atoms with Gasteiger partial charge in [0.1, 0.15) is 13.2 Å². The first-order chi connectivity index (χ1) is 9.68. The lowest BCUT2D eigenvalue weighted by molar-refractivity contribution is 0.167. The van der Waals surface area contributed by atoms with Crippen molar-refractivity contribution in [3.8, 4) is 11.5 Å². The van der Waals surface area contributed by atoms with Crippen molar-refractivity contribution in [2.45, 2.75) is 45.1 Å². The molecule has 20 heavy (non-hydrogen) atoms. The van der Waals surface area contributed by atoms with Crippen LogP contribution in [0.1, 0.15) is 56.2 Å². The highest BCUT2D eigenvalue weighted by molar-refractivity contribution is 9.10. The Morgan fingerprint density at radius 3 is 2.60 bits per heavy atom. The molecule has 2 aliphatic heterocycles. The van der Waals surface area contributed by atoms with E-state index in [4.69, 9.17) is 9.47 Å². The molecule has 1 aromatic carbocycles. The molecule has 1 aromatic rings. The van der Waals surface area contributed by atoms with Crippen molar-refractivity contribution in [1.82, 2.24) is 5.32 Å². The number of hydrogen-bond donors (Lipinski definition) is 1. The maximum Gasteiger partial charge on any atom is 0.175 e. The van der Waals surface area contributed by atoms with Gasteiger partial charge in [0.15, 0.2) is 11.5 Å². The van der Waals surface area contributed by atoms with Gasteiger partial charge < -0.3 is 14.8 Å². The number of fused-ring (bicyclic) bond motifs is 1. The zero-order valence-electron chi connectivity index (χ0n) is 12.2. The number of piperidine rings is 1. The molecule has 0 aliphatic carbocycles. The molecule has 1 saturated heterocycles. The highest BCUT2D eigenvalue weighted by atomic mass is 79.9. The average molecular weight is 340 g/mol. The molecule has 0 radical (unpaired) electrons. The molecular weight excluding hydrogens is 318 g/mol. The maximum atomic E-state index is 5.95. The molecule has 1 atom stereocenters. The molecule has 0 amide bonds. The van der Waals surface area contributed by atoms with E-state index in [0.717, 1.165) is 22.5 Å². The van der Waals surface area contributed by atoms with Crippen LogP contribution in [0.2, 0.25) is 0 Å². The fourth-order valence-electron chi connectivity index (χ4n) is 3.21. The standard InChI is InChI=1S/C16H22BrNO2/c1-10(2)14-11(13-5-3-4-6-18-13)9-12(17)15-16(14)20-8-7-19-15/h9-10,13,18H,3-8H2,1-2H3. The van der Waals surface area contributed by atoms with E-state index < -0.39 is 0 Å². The van der Waals surface area contributed by atoms with Crippen molar-refractivity contribution in [2.24, 2.45) is 0 Å². The van der Waals surface area contributed by atoms with E-state index in [0.29, 0.717) is 25.2 Å². The van der Waals surface area contributed by atoms with Crippen LogP contribution in [0, 0.1) is 0 Å². The van der Waals surface area contributed by atoms with Gasteiger partial charge in [-0.2, -0.15) is 0 Å². The summed E-state index contributed by atoms with van der Waals surface area (Å²) in [7, 11) is 0. The Morgan fingerprint density at radius 1 is 1.20 bits per heavy atom. The molecule has 2 aliphatic rings. The normalized spacial score (nSPS) is 22.1. The lowest BCUT2D eigenvalue weighted by atomic mass is 9.88. The summed E-state index contributed by atoms with van der Waals surface area (Å²) >= 11 is 3.65. The molecule has 0 aromatic heterocycles. The second-order valence-electron chi connectivity index (χ2n) is 5.87. The Labute approximate surface area is 129 Å². The maximum absolute atomic E-state index is 5.95. The van der Waals surface area contributed by atoms with E-state index in [9.17, 15) is 0 Å². The van der Waals surface area contributed by atoms with E-state index in [2.05, 4.69) is 41.2 Å². The molecule has 2 heterocycles. The van der Waals surface area contributed by atoms with Crippen molar-refractivity contribution in [1.29, 1.82) is 0 Å². The van der Waals surface area contributed by atoms with Gasteiger partial charge in [-0.15, -0.1) is 0 Å². The fraction of sp³-hybridized carbons (Fsp3) is 0.625. The minimum atomic E-state index is 0.428. The molecule has 1 N–H and O–H groups in total. The van der Waals surface area contributed by atoms with Crippen LogP contribution in [0.5, 0.6) is 11.5 Å². The molecular formula is C16H22BrNO2. The number of benzene rings is 1. The van der Waals surface area contributed by atoms with Crippen molar-refractivity contribution in [2.75, 3.05) is 19.8 Å². The summed E-state index contributed by atoms with van der Waals surface area (Å²) in [6, 6.07) is 2.67. The first kappa shape index (κ1) is 14.2. The van der Waals surface area contributed by atoms with Crippen molar-refractivity contribution >= 4 is 15.9 Å². The predicted octanol–water partition coefficient (Wildman–Crippen LogP) is 4.16. The van der Waals surface area contributed by atoms with Crippen LogP contribution in [0.4, 0.5) is 0 Å². The number of halogens is 1. The monoisotopic (exact) mass is 339 g/mol. The third-order valence-electron chi connectivity index (χ3n) is 4.10. The number of hydrogen-bond acceptors (Lipinski definition) is 3. The van der Waals surface area contributed by atoms with Crippen molar-refractivity contribution in [3.63, 3.8) is 0 Å². The second-order valence-corrected chi connectivity index (χ2v) is 6.73. The minimum absolute atomic E-state index is 0.428. The van der Waals surface area contributed by atoms with E-state index in [1.54, 1.807) is 0 Å². The summed E-state index contributed by atoms with van der Waals surface area (Å²) in [4.78, 5) is 0. The predicted molar refractivity (Wildman–Crippen MR) is 83.8 cm³/mol. The molecule has 1 fully saturated rings. The van der Waals surface area contributed by atoms with Gasteiger partial charge in [-0.3, -0.25) is 0 Å². The molecule has 4 heteroatoms. The van der Waals surface area contributed by atoms with E-state index in [1.165, 1.54) is 30.4 Å². The Kier molecular flexibility index (Phi) is 4.22. The zero-order chi connectivity index (χ0) is 14.1. The van der Waals surface area contributed by atoms with Crippen molar-refractivity contribution < 1.29 is 9.47 Å². The Hall–Kier alpha value is -0.740. The summed E-state index contributed by atoms with van der Waals surface area (Å²) < 4.78 is 12.8. The van der Waals surface area contributed by atoms with Crippen LogP contribution in [-0.2, 0) is 0 Å². The zero-order valence-corrected chi connectivity index (χ0v) is 13.8. The first-order valence-corrected chi connectivity index (χ1v) is 8.33. The lowest BCUT2D eigenvalue weighted by Crippen LogP contribution is -2.28.